The van der Waals surface area contributed by atoms with Crippen molar-refractivity contribution in [2.24, 2.45) is 29.6 Å². The Kier molecular flexibility index (Phi) is 6.62. The van der Waals surface area contributed by atoms with Crippen LogP contribution < -0.4 is 0 Å². The predicted molar refractivity (Wildman–Crippen MR) is 117 cm³/mol. The van der Waals surface area contributed by atoms with E-state index in [0.29, 0.717) is 0 Å². The van der Waals surface area contributed by atoms with E-state index < -0.39 is 0 Å². The van der Waals surface area contributed by atoms with E-state index in [1.54, 1.807) is 43.2 Å². The van der Waals surface area contributed by atoms with Crippen molar-refractivity contribution in [3.63, 3.8) is 0 Å². The van der Waals surface area contributed by atoms with Gasteiger partial charge in [-0.2, -0.15) is 0 Å². The Labute approximate surface area is 168 Å². The first-order chi connectivity index (χ1) is 13.3. The zero-order valence-corrected chi connectivity index (χ0v) is 18.0. The van der Waals surface area contributed by atoms with Crippen LogP contribution >= 0.6 is 0 Å². The second-order valence-electron chi connectivity index (χ2n) is 10.2. The molecule has 0 spiro atoms. The summed E-state index contributed by atoms with van der Waals surface area (Å²) in [4.78, 5) is 0. The van der Waals surface area contributed by atoms with E-state index in [1.165, 1.54) is 63.4 Å². The van der Waals surface area contributed by atoms with Gasteiger partial charge in [0.15, 0.2) is 0 Å². The SMILES string of the molecule is CCCCC[C@@H]1CC[C@@H]2CC(C3CCc4cc(CC)ccc4C3)CCC2C1. The summed E-state index contributed by atoms with van der Waals surface area (Å²) in [5.41, 5.74) is 4.89. The third-order valence-corrected chi connectivity index (χ3v) is 8.59. The van der Waals surface area contributed by atoms with E-state index in [0.717, 1.165) is 29.6 Å². The maximum absolute atomic E-state index is 2.50. The Bertz CT molecular complexity index is 600. The fourth-order valence-corrected chi connectivity index (χ4v) is 6.85. The van der Waals surface area contributed by atoms with Gasteiger partial charge in [0, 0.05) is 0 Å². The smallest absolute Gasteiger partial charge is 0.0245 e. The van der Waals surface area contributed by atoms with Gasteiger partial charge in [0.2, 0.25) is 0 Å². The highest BCUT2D eigenvalue weighted by molar-refractivity contribution is 5.34. The Morgan fingerprint density at radius 1 is 0.778 bits per heavy atom. The van der Waals surface area contributed by atoms with E-state index in [-0.39, 0.29) is 0 Å². The maximum Gasteiger partial charge on any atom is -0.0245 e. The van der Waals surface area contributed by atoms with Crippen molar-refractivity contribution >= 4 is 0 Å². The molecule has 0 N–H and O–H groups in total. The van der Waals surface area contributed by atoms with Gasteiger partial charge < -0.3 is 0 Å². The molecule has 0 heteroatoms. The van der Waals surface area contributed by atoms with Crippen LogP contribution in [0.2, 0.25) is 0 Å². The second kappa shape index (κ2) is 9.15. The molecule has 3 aliphatic carbocycles. The molecule has 2 saturated carbocycles. The lowest BCUT2D eigenvalue weighted by molar-refractivity contribution is 0.0690. The number of aryl methyl sites for hydroxylation is 2. The third kappa shape index (κ3) is 4.63. The molecule has 0 saturated heterocycles. The summed E-state index contributed by atoms with van der Waals surface area (Å²) in [6.45, 7) is 4.62. The van der Waals surface area contributed by atoms with Crippen LogP contribution in [0.3, 0.4) is 0 Å². The average Bonchev–Trinajstić information content (AvgIpc) is 2.72. The lowest BCUT2D eigenvalue weighted by Gasteiger charge is -2.45. The van der Waals surface area contributed by atoms with E-state index in [1.807, 2.05) is 0 Å². The van der Waals surface area contributed by atoms with Crippen LogP contribution in [0, 0.1) is 29.6 Å². The highest BCUT2D eigenvalue weighted by Gasteiger charge is 2.38. The van der Waals surface area contributed by atoms with Crippen LogP contribution in [0.5, 0.6) is 0 Å². The third-order valence-electron chi connectivity index (χ3n) is 8.59. The molecule has 0 amide bonds. The molecule has 150 valence electrons. The number of hydrogen-bond acceptors (Lipinski definition) is 0. The van der Waals surface area contributed by atoms with Gasteiger partial charge in [0.05, 0.1) is 0 Å². The largest absolute Gasteiger partial charge is 0.0654 e. The molecule has 0 aromatic heterocycles. The zero-order valence-electron chi connectivity index (χ0n) is 18.0. The van der Waals surface area contributed by atoms with Crippen LogP contribution in [0.4, 0.5) is 0 Å². The number of rotatable bonds is 6. The van der Waals surface area contributed by atoms with Crippen LogP contribution in [-0.4, -0.2) is 0 Å². The fourth-order valence-electron chi connectivity index (χ4n) is 6.85. The minimum Gasteiger partial charge on any atom is -0.0654 e. The molecule has 27 heavy (non-hydrogen) atoms. The first-order valence-electron chi connectivity index (χ1n) is 12.4. The Balaban J connectivity index is 1.30. The zero-order chi connectivity index (χ0) is 18.6. The predicted octanol–water partition coefficient (Wildman–Crippen LogP) is 7.77. The molecule has 0 nitrogen and oxygen atoms in total. The summed E-state index contributed by atoms with van der Waals surface area (Å²) in [6.07, 6.45) is 20.6. The van der Waals surface area contributed by atoms with Crippen LogP contribution in [0.1, 0.15) is 101 Å². The summed E-state index contributed by atoms with van der Waals surface area (Å²) >= 11 is 0. The Morgan fingerprint density at radius 3 is 2.37 bits per heavy atom. The van der Waals surface area contributed by atoms with Gasteiger partial charge in [-0.1, -0.05) is 64.2 Å². The van der Waals surface area contributed by atoms with Crippen molar-refractivity contribution in [1.82, 2.24) is 0 Å². The summed E-state index contributed by atoms with van der Waals surface area (Å²) in [5.74, 6) is 5.25. The molecule has 3 unspecified atom stereocenters. The van der Waals surface area contributed by atoms with Gasteiger partial charge in [0.25, 0.3) is 0 Å². The Hall–Kier alpha value is -0.780. The standard InChI is InChI=1S/C27H42/c1-3-5-6-7-21-9-11-25-19-27(15-13-23(25)17-21)26-14-12-22-16-20(4-2)8-10-24(22)18-26/h8,10,16,21,23,25-27H,3-7,9,11-15,17-19H2,1-2H3/t21-,23?,25-,26?,27?/m1/s1. The van der Waals surface area contributed by atoms with Gasteiger partial charge >= 0.3 is 0 Å². The fraction of sp³-hybridized carbons (Fsp3) is 0.778. The summed E-state index contributed by atoms with van der Waals surface area (Å²) in [6, 6.07) is 7.35. The molecular formula is C27H42. The van der Waals surface area contributed by atoms with Crippen molar-refractivity contribution in [3.05, 3.63) is 34.9 Å². The summed E-state index contributed by atoms with van der Waals surface area (Å²) in [5, 5.41) is 0. The van der Waals surface area contributed by atoms with Gasteiger partial charge in [-0.15, -0.1) is 0 Å². The van der Waals surface area contributed by atoms with Crippen LogP contribution in [0.15, 0.2) is 18.2 Å². The lowest BCUT2D eigenvalue weighted by atomic mass is 9.61. The minimum absolute atomic E-state index is 0.980. The minimum atomic E-state index is 0.980. The van der Waals surface area contributed by atoms with Gasteiger partial charge in [-0.05, 0) is 104 Å². The van der Waals surface area contributed by atoms with E-state index >= 15 is 0 Å². The molecule has 1 aromatic rings. The quantitative estimate of drug-likeness (QED) is 0.451. The van der Waals surface area contributed by atoms with Crippen molar-refractivity contribution in [3.8, 4) is 0 Å². The first-order valence-corrected chi connectivity index (χ1v) is 12.4. The first kappa shape index (κ1) is 19.5. The number of unbranched alkanes of at least 4 members (excludes halogenated alkanes) is 2. The molecule has 3 aliphatic rings. The highest BCUT2D eigenvalue weighted by Crippen LogP contribution is 2.49. The maximum atomic E-state index is 2.50. The van der Waals surface area contributed by atoms with Gasteiger partial charge in [-0.25, -0.2) is 0 Å². The van der Waals surface area contributed by atoms with Crippen molar-refractivity contribution in [1.29, 1.82) is 0 Å². The van der Waals surface area contributed by atoms with Crippen molar-refractivity contribution in [2.75, 3.05) is 0 Å². The molecule has 0 heterocycles. The molecule has 4 rings (SSSR count). The highest BCUT2D eigenvalue weighted by atomic mass is 14.4. The molecule has 0 bridgehead atoms. The molecule has 0 aliphatic heterocycles. The number of hydrogen-bond donors (Lipinski definition) is 0. The van der Waals surface area contributed by atoms with E-state index in [4.69, 9.17) is 0 Å². The van der Waals surface area contributed by atoms with Crippen molar-refractivity contribution in [2.45, 2.75) is 104 Å². The Morgan fingerprint density at radius 2 is 1.56 bits per heavy atom. The number of benzene rings is 1. The summed E-state index contributed by atoms with van der Waals surface area (Å²) in [7, 11) is 0. The normalized spacial score (nSPS) is 33.3. The second-order valence-corrected chi connectivity index (χ2v) is 10.2. The van der Waals surface area contributed by atoms with Gasteiger partial charge in [0.1, 0.15) is 0 Å². The van der Waals surface area contributed by atoms with Gasteiger partial charge in [-0.3, -0.25) is 0 Å². The van der Waals surface area contributed by atoms with E-state index in [2.05, 4.69) is 32.0 Å². The molecule has 0 radical (unpaired) electrons. The topological polar surface area (TPSA) is 0 Å². The lowest BCUT2D eigenvalue weighted by Crippen LogP contribution is -2.35. The van der Waals surface area contributed by atoms with Crippen molar-refractivity contribution < 1.29 is 0 Å². The van der Waals surface area contributed by atoms with Crippen LogP contribution in [-0.2, 0) is 19.3 Å². The molecule has 2 fully saturated rings. The monoisotopic (exact) mass is 366 g/mol. The summed E-state index contributed by atoms with van der Waals surface area (Å²) < 4.78 is 0. The molecule has 1 aromatic carbocycles. The van der Waals surface area contributed by atoms with E-state index in [9.17, 15) is 0 Å². The number of fused-ring (bicyclic) bond motifs is 2. The molecule has 5 atom stereocenters. The van der Waals surface area contributed by atoms with Crippen LogP contribution in [0.25, 0.3) is 0 Å². The average molecular weight is 367 g/mol. The molecular weight excluding hydrogens is 324 g/mol.